The van der Waals surface area contributed by atoms with Crippen LogP contribution in [0.5, 0.6) is 0 Å². The summed E-state index contributed by atoms with van der Waals surface area (Å²) < 4.78 is 21.6. The summed E-state index contributed by atoms with van der Waals surface area (Å²) in [6, 6.07) is 0. The van der Waals surface area contributed by atoms with Crippen molar-refractivity contribution >= 4 is 11.2 Å². The number of alkyl halides is 1. The van der Waals surface area contributed by atoms with Crippen LogP contribution in [0, 0.1) is 0 Å². The monoisotopic (exact) mass is 128 g/mol. The molecule has 0 aromatic carbocycles. The molecule has 0 N–H and O–H groups in total. The zero-order valence-corrected chi connectivity index (χ0v) is 4.41. The van der Waals surface area contributed by atoms with Crippen molar-refractivity contribution in [3.8, 4) is 0 Å². The van der Waals surface area contributed by atoms with E-state index < -0.39 is 17.3 Å². The third kappa shape index (κ3) is 1.61. The van der Waals surface area contributed by atoms with Crippen LogP contribution in [0.4, 0.5) is 9.09 Å². The van der Waals surface area contributed by atoms with Gasteiger partial charge in [0.05, 0.1) is 0 Å². The van der Waals surface area contributed by atoms with E-state index in [2.05, 4.69) is 0 Å². The molecule has 44 valence electrons. The van der Waals surface area contributed by atoms with Crippen molar-refractivity contribution in [2.24, 2.45) is 0 Å². The lowest BCUT2D eigenvalue weighted by molar-refractivity contribution is 0.365. The molecule has 0 unspecified atom stereocenters. The maximum Gasteiger partial charge on any atom is 0.188 e. The maximum atomic E-state index is 11.6. The van der Waals surface area contributed by atoms with Gasteiger partial charge >= 0.3 is 0 Å². The molecule has 0 aromatic heterocycles. The Morgan fingerprint density at radius 3 is 2.00 bits per heavy atom. The van der Waals surface area contributed by atoms with E-state index in [4.69, 9.17) is 0 Å². The van der Waals surface area contributed by atoms with Gasteiger partial charge in [-0.25, -0.2) is 4.39 Å². The van der Waals surface area contributed by atoms with Gasteiger partial charge in [-0.2, -0.15) is 0 Å². The molecule has 0 aliphatic carbocycles. The Hall–Kier alpha value is 0.170. The zero-order valence-electron chi connectivity index (χ0n) is 3.59. The first kappa shape index (κ1) is 7.17. The third-order valence-corrected chi connectivity index (χ3v) is 2.20. The molecule has 0 atom stereocenters. The molecule has 0 aromatic rings. The summed E-state index contributed by atoms with van der Waals surface area (Å²) in [7, 11) is 0. The van der Waals surface area contributed by atoms with Crippen molar-refractivity contribution in [1.82, 2.24) is 0 Å². The highest BCUT2D eigenvalue weighted by molar-refractivity contribution is 7.92. The lowest BCUT2D eigenvalue weighted by Gasteiger charge is -2.21. The van der Waals surface area contributed by atoms with E-state index >= 15 is 0 Å². The van der Waals surface area contributed by atoms with Gasteiger partial charge in [0.1, 0.15) is 11.5 Å². The Balaban J connectivity index is 0.000000360. The molecule has 1 fully saturated rings. The summed E-state index contributed by atoms with van der Waals surface area (Å²) in [5, 5.41) is 0. The van der Waals surface area contributed by atoms with Crippen molar-refractivity contribution in [3.63, 3.8) is 0 Å². The van der Waals surface area contributed by atoms with Crippen molar-refractivity contribution < 1.29 is 13.6 Å². The molecule has 4 heteroatoms. The van der Waals surface area contributed by atoms with Gasteiger partial charge in [-0.3, -0.25) is 4.70 Å². The Morgan fingerprint density at radius 1 is 1.57 bits per heavy atom. The molecule has 1 aliphatic rings. The minimum atomic E-state index is -0.797. The normalized spacial score (nSPS) is 38.6. The van der Waals surface area contributed by atoms with Gasteiger partial charge in [0.25, 0.3) is 0 Å². The van der Waals surface area contributed by atoms with Crippen LogP contribution >= 0.6 is 0 Å². The average Bonchev–Trinajstić information content (AvgIpc) is 1.33. The molecular formula is C3H6F2OS. The summed E-state index contributed by atoms with van der Waals surface area (Å²) in [5.41, 5.74) is 0. The summed E-state index contributed by atoms with van der Waals surface area (Å²) >= 11 is -0.797. The zero-order chi connectivity index (χ0) is 4.57. The van der Waals surface area contributed by atoms with Crippen LogP contribution in [0.15, 0.2) is 0 Å². The molecule has 0 saturated carbocycles. The van der Waals surface area contributed by atoms with Gasteiger partial charge in [0.15, 0.2) is 6.17 Å². The van der Waals surface area contributed by atoms with Gasteiger partial charge < -0.3 is 4.55 Å². The second kappa shape index (κ2) is 2.47. The highest BCUT2D eigenvalue weighted by Crippen LogP contribution is 2.12. The van der Waals surface area contributed by atoms with Crippen LogP contribution in [0.2, 0.25) is 0 Å². The van der Waals surface area contributed by atoms with E-state index in [0.717, 1.165) is 0 Å². The van der Waals surface area contributed by atoms with Crippen LogP contribution < -0.4 is 0 Å². The number of rotatable bonds is 0. The van der Waals surface area contributed by atoms with Gasteiger partial charge in [-0.05, 0) is 11.2 Å². The molecule has 0 radical (unpaired) electrons. The lowest BCUT2D eigenvalue weighted by Crippen LogP contribution is -2.37. The van der Waals surface area contributed by atoms with E-state index in [9.17, 15) is 8.94 Å². The first-order valence-electron chi connectivity index (χ1n) is 1.78. The average molecular weight is 128 g/mol. The predicted molar refractivity (Wildman–Crippen MR) is 25.3 cm³/mol. The fourth-order valence-corrected chi connectivity index (χ4v) is 1.06. The first-order chi connectivity index (χ1) is 2.79. The molecular weight excluding hydrogens is 122 g/mol. The van der Waals surface area contributed by atoms with Crippen molar-refractivity contribution in [1.29, 1.82) is 0 Å². The minimum absolute atomic E-state index is 0. The highest BCUT2D eigenvalue weighted by atomic mass is 32.2. The summed E-state index contributed by atoms with van der Waals surface area (Å²) in [4.78, 5) is 0. The fraction of sp³-hybridized carbons (Fsp3) is 1.00. The molecule has 7 heavy (non-hydrogen) atoms. The van der Waals surface area contributed by atoms with Gasteiger partial charge in [0.2, 0.25) is 0 Å². The van der Waals surface area contributed by atoms with E-state index in [1.165, 1.54) is 0 Å². The second-order valence-electron chi connectivity index (χ2n) is 1.37. The molecule has 1 nitrogen and oxygen atoms in total. The van der Waals surface area contributed by atoms with Gasteiger partial charge in [0, 0.05) is 0 Å². The Kier molecular flexibility index (Phi) is 2.53. The molecule has 1 heterocycles. The highest BCUT2D eigenvalue weighted by Gasteiger charge is 2.30. The fourth-order valence-electron chi connectivity index (χ4n) is 0.355. The number of hydrogen-bond donors (Lipinski definition) is 0. The molecule has 1 aliphatic heterocycles. The van der Waals surface area contributed by atoms with Crippen LogP contribution in [-0.2, 0) is 11.2 Å². The smallest absolute Gasteiger partial charge is 0.188 e. The number of halogens is 2. The predicted octanol–water partition coefficient (Wildman–Crippen LogP) is 0.239. The van der Waals surface area contributed by atoms with Crippen LogP contribution in [0.25, 0.3) is 0 Å². The van der Waals surface area contributed by atoms with Crippen molar-refractivity contribution in [2.75, 3.05) is 11.5 Å². The molecule has 0 spiro atoms. The van der Waals surface area contributed by atoms with Gasteiger partial charge in [-0.1, -0.05) is 0 Å². The maximum absolute atomic E-state index is 11.6. The van der Waals surface area contributed by atoms with Crippen LogP contribution in [0.3, 0.4) is 0 Å². The third-order valence-electron chi connectivity index (χ3n) is 0.733. The number of hydrogen-bond acceptors (Lipinski definition) is 1. The Bertz CT molecular complexity index is 48.9. The SMILES string of the molecule is F.[O-][S+]1CC(F)C1. The van der Waals surface area contributed by atoms with Gasteiger partial charge in [-0.15, -0.1) is 0 Å². The molecule has 1 rings (SSSR count). The van der Waals surface area contributed by atoms with E-state index in [1.807, 2.05) is 0 Å². The molecule has 1 saturated heterocycles. The summed E-state index contributed by atoms with van der Waals surface area (Å²) in [5.74, 6) is 0.556. The van der Waals surface area contributed by atoms with E-state index in [1.54, 1.807) is 0 Å². The Morgan fingerprint density at radius 2 is 2.00 bits per heavy atom. The van der Waals surface area contributed by atoms with E-state index in [0.29, 0.717) is 0 Å². The topological polar surface area (TPSA) is 23.1 Å². The van der Waals surface area contributed by atoms with Crippen molar-refractivity contribution in [2.45, 2.75) is 6.17 Å². The van der Waals surface area contributed by atoms with Crippen LogP contribution in [0.1, 0.15) is 0 Å². The summed E-state index contributed by atoms with van der Waals surface area (Å²) in [6.45, 7) is 0. The minimum Gasteiger partial charge on any atom is -0.616 e. The summed E-state index contributed by atoms with van der Waals surface area (Å²) in [6.07, 6.45) is -0.758. The first-order valence-corrected chi connectivity index (χ1v) is 3.27. The van der Waals surface area contributed by atoms with Crippen LogP contribution in [-0.4, -0.2) is 22.2 Å². The molecule has 0 bridgehead atoms. The molecule has 0 amide bonds. The quantitative estimate of drug-likeness (QED) is 0.428. The standard InChI is InChI=1S/C3H5FOS.FH/c4-3-1-6(5)2-3;/h3H,1-2H2;1H. The second-order valence-corrected chi connectivity index (χ2v) is 2.92. The van der Waals surface area contributed by atoms with Crippen molar-refractivity contribution in [3.05, 3.63) is 0 Å². The Labute approximate surface area is 43.5 Å². The van der Waals surface area contributed by atoms with E-state index in [-0.39, 0.29) is 16.2 Å². The lowest BCUT2D eigenvalue weighted by atomic mass is 10.5. The largest absolute Gasteiger partial charge is 0.616 e.